The smallest absolute Gasteiger partial charge is 0.147 e. The highest BCUT2D eigenvalue weighted by atomic mass is 32.2. The Hall–Kier alpha value is -0.870. The van der Waals surface area contributed by atoms with Crippen molar-refractivity contribution in [3.05, 3.63) is 35.4 Å². The van der Waals surface area contributed by atoms with E-state index in [4.69, 9.17) is 0 Å². The monoisotopic (exact) mass is 270 g/mol. The highest BCUT2D eigenvalue weighted by molar-refractivity contribution is 7.90. The largest absolute Gasteiger partial charge is 0.396 e. The fraction of sp³-hybridized carbons (Fsp3) is 0.571. The summed E-state index contributed by atoms with van der Waals surface area (Å²) in [6.07, 6.45) is 3.43. The average molecular weight is 270 g/mol. The van der Waals surface area contributed by atoms with Gasteiger partial charge >= 0.3 is 0 Å². The maximum Gasteiger partial charge on any atom is 0.147 e. The molecule has 0 amide bonds. The lowest BCUT2D eigenvalue weighted by molar-refractivity contribution is 0.217. The number of sulfone groups is 1. The Morgan fingerprint density at radius 2 is 1.94 bits per heavy atom. The van der Waals surface area contributed by atoms with Crippen molar-refractivity contribution in [2.24, 2.45) is 5.92 Å². The lowest BCUT2D eigenvalue weighted by Gasteiger charge is -2.15. The molecule has 0 fully saturated rings. The molecule has 1 aromatic carbocycles. The van der Waals surface area contributed by atoms with Crippen LogP contribution in [0.2, 0.25) is 0 Å². The molecule has 0 aliphatic rings. The molecule has 0 aromatic heterocycles. The summed E-state index contributed by atoms with van der Waals surface area (Å²) in [4.78, 5) is 0. The third-order valence-corrected chi connectivity index (χ3v) is 4.19. The van der Waals surface area contributed by atoms with Crippen molar-refractivity contribution in [2.75, 3.05) is 18.6 Å². The summed E-state index contributed by atoms with van der Waals surface area (Å²) in [6.45, 7) is 2.17. The van der Waals surface area contributed by atoms with Gasteiger partial charge in [0.25, 0.3) is 0 Å². The quantitative estimate of drug-likeness (QED) is 0.824. The number of aryl methyl sites for hydroxylation is 1. The predicted octanol–water partition coefficient (Wildman–Crippen LogP) is 1.97. The zero-order valence-corrected chi connectivity index (χ0v) is 11.9. The number of hydrogen-bond donors (Lipinski definition) is 1. The molecule has 1 rings (SSSR count). The van der Waals surface area contributed by atoms with Crippen LogP contribution in [-0.2, 0) is 16.3 Å². The molecule has 0 spiro atoms. The highest BCUT2D eigenvalue weighted by Gasteiger charge is 2.11. The molecule has 3 nitrogen and oxygen atoms in total. The van der Waals surface area contributed by atoms with E-state index in [2.05, 4.69) is 19.1 Å². The van der Waals surface area contributed by atoms with Crippen LogP contribution in [-0.4, -0.2) is 32.1 Å². The normalized spacial score (nSPS) is 13.5. The first-order chi connectivity index (χ1) is 8.42. The Morgan fingerprint density at radius 3 is 2.50 bits per heavy atom. The van der Waals surface area contributed by atoms with E-state index in [0.29, 0.717) is 6.42 Å². The van der Waals surface area contributed by atoms with E-state index >= 15 is 0 Å². The fourth-order valence-electron chi connectivity index (χ4n) is 2.04. The second kappa shape index (κ2) is 6.90. The van der Waals surface area contributed by atoms with Crippen molar-refractivity contribution in [3.63, 3.8) is 0 Å². The molecule has 0 saturated carbocycles. The van der Waals surface area contributed by atoms with Gasteiger partial charge in [-0.2, -0.15) is 0 Å². The summed E-state index contributed by atoms with van der Waals surface area (Å²) < 4.78 is 22.1. The minimum atomic E-state index is -2.89. The second-order valence-electron chi connectivity index (χ2n) is 4.95. The van der Waals surface area contributed by atoms with Crippen molar-refractivity contribution < 1.29 is 13.5 Å². The van der Waals surface area contributed by atoms with Crippen LogP contribution in [0.4, 0.5) is 0 Å². The molecule has 0 radical (unpaired) electrons. The summed E-state index contributed by atoms with van der Waals surface area (Å²) in [5, 5.41) is 9.36. The molecular weight excluding hydrogens is 248 g/mol. The first-order valence-electron chi connectivity index (χ1n) is 6.25. The van der Waals surface area contributed by atoms with Gasteiger partial charge in [0.15, 0.2) is 0 Å². The summed E-state index contributed by atoms with van der Waals surface area (Å²) in [5.74, 6) is 0.352. The average Bonchev–Trinajstić information content (AvgIpc) is 2.29. The van der Waals surface area contributed by atoms with Crippen LogP contribution >= 0.6 is 0 Å². The Morgan fingerprint density at radius 1 is 1.28 bits per heavy atom. The van der Waals surface area contributed by atoms with Crippen molar-refractivity contribution in [1.29, 1.82) is 0 Å². The van der Waals surface area contributed by atoms with E-state index in [-0.39, 0.29) is 18.3 Å². The van der Waals surface area contributed by atoms with E-state index in [0.717, 1.165) is 12.8 Å². The zero-order chi connectivity index (χ0) is 13.6. The Bertz CT molecular complexity index is 466. The molecule has 4 heteroatoms. The van der Waals surface area contributed by atoms with Crippen LogP contribution in [0.15, 0.2) is 24.3 Å². The van der Waals surface area contributed by atoms with Gasteiger partial charge in [0.1, 0.15) is 9.84 Å². The fourth-order valence-corrected chi connectivity index (χ4v) is 2.73. The number of hydrogen-bond acceptors (Lipinski definition) is 3. The maximum absolute atomic E-state index is 11.1. The molecule has 0 heterocycles. The molecule has 0 aliphatic heterocycles. The predicted molar refractivity (Wildman–Crippen MR) is 74.4 cm³/mol. The van der Waals surface area contributed by atoms with Gasteiger partial charge in [-0.15, -0.1) is 0 Å². The van der Waals surface area contributed by atoms with Gasteiger partial charge in [0, 0.05) is 18.6 Å². The zero-order valence-electron chi connectivity index (χ0n) is 11.1. The summed E-state index contributed by atoms with van der Waals surface area (Å²) >= 11 is 0. The van der Waals surface area contributed by atoms with Gasteiger partial charge < -0.3 is 5.11 Å². The minimum absolute atomic E-state index is 0.109. The van der Waals surface area contributed by atoms with Gasteiger partial charge in [0.2, 0.25) is 0 Å². The molecule has 0 bridgehead atoms. The topological polar surface area (TPSA) is 54.4 Å². The van der Waals surface area contributed by atoms with Crippen molar-refractivity contribution in [1.82, 2.24) is 0 Å². The first kappa shape index (κ1) is 15.2. The molecule has 1 atom stereocenters. The molecule has 1 N–H and O–H groups in total. The number of aliphatic hydroxyl groups excluding tert-OH is 1. The lowest BCUT2D eigenvalue weighted by Crippen LogP contribution is -2.13. The van der Waals surface area contributed by atoms with Crippen molar-refractivity contribution in [2.45, 2.75) is 26.2 Å². The van der Waals surface area contributed by atoms with E-state index < -0.39 is 9.84 Å². The van der Waals surface area contributed by atoms with Gasteiger partial charge in [-0.3, -0.25) is 0 Å². The van der Waals surface area contributed by atoms with Crippen LogP contribution in [0.5, 0.6) is 0 Å². The van der Waals surface area contributed by atoms with Crippen LogP contribution in [0.1, 0.15) is 24.0 Å². The number of benzene rings is 1. The third-order valence-electron chi connectivity index (χ3n) is 3.16. The molecule has 1 unspecified atom stereocenters. The van der Waals surface area contributed by atoms with Crippen LogP contribution in [0.25, 0.3) is 0 Å². The van der Waals surface area contributed by atoms with Gasteiger partial charge in [0.05, 0.1) is 0 Å². The van der Waals surface area contributed by atoms with Crippen molar-refractivity contribution >= 4 is 9.84 Å². The second-order valence-corrected chi connectivity index (χ2v) is 7.21. The Balaban J connectivity index is 2.50. The molecule has 18 heavy (non-hydrogen) atoms. The highest BCUT2D eigenvalue weighted by Crippen LogP contribution is 2.17. The molecular formula is C14H22O3S. The SMILES string of the molecule is Cc1ccccc1CC(CO)CCCS(C)(=O)=O. The van der Waals surface area contributed by atoms with Gasteiger partial charge in [-0.1, -0.05) is 24.3 Å². The molecule has 1 aromatic rings. The van der Waals surface area contributed by atoms with Crippen LogP contribution in [0, 0.1) is 12.8 Å². The molecule has 0 saturated heterocycles. The lowest BCUT2D eigenvalue weighted by atomic mass is 9.93. The van der Waals surface area contributed by atoms with E-state index in [1.54, 1.807) is 0 Å². The van der Waals surface area contributed by atoms with E-state index in [1.807, 2.05) is 12.1 Å². The first-order valence-corrected chi connectivity index (χ1v) is 8.31. The standard InChI is InChI=1S/C14H22O3S/c1-12-6-3-4-8-14(12)10-13(11-15)7-5-9-18(2,16)17/h3-4,6,8,13,15H,5,7,9-11H2,1-2H3. The van der Waals surface area contributed by atoms with Crippen molar-refractivity contribution in [3.8, 4) is 0 Å². The Labute approximate surface area is 110 Å². The Kier molecular flexibility index (Phi) is 5.82. The van der Waals surface area contributed by atoms with Gasteiger partial charge in [-0.25, -0.2) is 8.42 Å². The van der Waals surface area contributed by atoms with E-state index in [9.17, 15) is 13.5 Å². The number of rotatable bonds is 7. The van der Waals surface area contributed by atoms with E-state index in [1.165, 1.54) is 17.4 Å². The summed E-state index contributed by atoms with van der Waals surface area (Å²) in [6, 6.07) is 8.11. The molecule has 0 aliphatic carbocycles. The minimum Gasteiger partial charge on any atom is -0.396 e. The van der Waals surface area contributed by atoms with Gasteiger partial charge in [-0.05, 0) is 43.2 Å². The molecule has 102 valence electrons. The van der Waals surface area contributed by atoms with Crippen LogP contribution < -0.4 is 0 Å². The summed E-state index contributed by atoms with van der Waals surface area (Å²) in [5.41, 5.74) is 2.45. The number of aliphatic hydroxyl groups is 1. The summed E-state index contributed by atoms with van der Waals surface area (Å²) in [7, 11) is -2.89. The van der Waals surface area contributed by atoms with Crippen LogP contribution in [0.3, 0.4) is 0 Å². The third kappa shape index (κ3) is 5.65. The maximum atomic E-state index is 11.1.